The molecule has 3 heterocycles. The Labute approximate surface area is 159 Å². The van der Waals surface area contributed by atoms with Crippen molar-refractivity contribution in [2.45, 2.75) is 51.0 Å². The van der Waals surface area contributed by atoms with Crippen LogP contribution in [-0.4, -0.2) is 48.0 Å². The molecule has 0 radical (unpaired) electrons. The molecule has 0 saturated carbocycles. The zero-order valence-electron chi connectivity index (χ0n) is 15.8. The smallest absolute Gasteiger partial charge is 0.246 e. The summed E-state index contributed by atoms with van der Waals surface area (Å²) >= 11 is 0. The van der Waals surface area contributed by atoms with Crippen molar-refractivity contribution in [3.8, 4) is 0 Å². The Morgan fingerprint density at radius 1 is 1.30 bits per heavy atom. The van der Waals surface area contributed by atoms with Gasteiger partial charge in [-0.1, -0.05) is 0 Å². The Morgan fingerprint density at radius 3 is 2.70 bits per heavy atom. The van der Waals surface area contributed by atoms with Crippen molar-refractivity contribution in [3.63, 3.8) is 0 Å². The molecular weight excluding hydrogens is 368 g/mol. The van der Waals surface area contributed by atoms with E-state index in [0.29, 0.717) is 44.0 Å². The van der Waals surface area contributed by atoms with Gasteiger partial charge >= 0.3 is 0 Å². The molecule has 1 aliphatic heterocycles. The van der Waals surface area contributed by atoms with Crippen LogP contribution in [0.15, 0.2) is 27.7 Å². The van der Waals surface area contributed by atoms with Gasteiger partial charge in [0.2, 0.25) is 15.9 Å². The molecule has 8 nitrogen and oxygen atoms in total. The number of aryl methyl sites for hydroxylation is 2. The Bertz CT molecular complexity index is 881. The lowest BCUT2D eigenvalue weighted by molar-refractivity contribution is -0.121. The highest BCUT2D eigenvalue weighted by Crippen LogP contribution is 2.26. The van der Waals surface area contributed by atoms with Gasteiger partial charge in [-0.3, -0.25) is 9.48 Å². The van der Waals surface area contributed by atoms with E-state index in [-0.39, 0.29) is 17.2 Å². The standard InChI is InChI=1S/C18H26N4O4S/c1-14-18(27(24,25)21-10-3-4-11-21)15(2)22(20-14)12-8-17(23)19-9-7-16-6-5-13-26-16/h5-6,13H,3-4,7-12H2,1-2H3,(H,19,23). The number of hydrogen-bond donors (Lipinski definition) is 1. The predicted octanol–water partition coefficient (Wildman–Crippen LogP) is 1.63. The summed E-state index contributed by atoms with van der Waals surface area (Å²) in [4.78, 5) is 12.3. The molecule has 3 rings (SSSR count). The van der Waals surface area contributed by atoms with Crippen molar-refractivity contribution in [2.24, 2.45) is 0 Å². The molecule has 27 heavy (non-hydrogen) atoms. The van der Waals surface area contributed by atoms with E-state index in [1.54, 1.807) is 24.8 Å². The third kappa shape index (κ3) is 4.41. The number of furan rings is 1. The second-order valence-corrected chi connectivity index (χ2v) is 8.64. The van der Waals surface area contributed by atoms with E-state index in [4.69, 9.17) is 4.42 Å². The van der Waals surface area contributed by atoms with Crippen LogP contribution in [0.4, 0.5) is 0 Å². The van der Waals surface area contributed by atoms with Crippen LogP contribution in [0.5, 0.6) is 0 Å². The maximum Gasteiger partial charge on any atom is 0.246 e. The van der Waals surface area contributed by atoms with Crippen LogP contribution in [0.3, 0.4) is 0 Å². The summed E-state index contributed by atoms with van der Waals surface area (Å²) in [5.74, 6) is 0.726. The van der Waals surface area contributed by atoms with Crippen LogP contribution in [0.2, 0.25) is 0 Å². The van der Waals surface area contributed by atoms with Crippen LogP contribution in [0.1, 0.15) is 36.4 Å². The van der Waals surface area contributed by atoms with Gasteiger partial charge in [-0.25, -0.2) is 8.42 Å². The van der Waals surface area contributed by atoms with E-state index in [2.05, 4.69) is 10.4 Å². The van der Waals surface area contributed by atoms with Crippen LogP contribution in [0.25, 0.3) is 0 Å². The molecule has 0 unspecified atom stereocenters. The monoisotopic (exact) mass is 394 g/mol. The largest absolute Gasteiger partial charge is 0.469 e. The first-order chi connectivity index (χ1) is 12.9. The highest BCUT2D eigenvalue weighted by Gasteiger charge is 2.32. The molecule has 2 aromatic rings. The third-order valence-corrected chi connectivity index (χ3v) is 6.95. The lowest BCUT2D eigenvalue weighted by Crippen LogP contribution is -2.29. The fraction of sp³-hybridized carbons (Fsp3) is 0.556. The molecule has 2 aromatic heterocycles. The van der Waals surface area contributed by atoms with Crippen LogP contribution < -0.4 is 5.32 Å². The first-order valence-corrected chi connectivity index (χ1v) is 10.7. The van der Waals surface area contributed by atoms with Crippen molar-refractivity contribution in [1.29, 1.82) is 0 Å². The molecule has 1 amide bonds. The van der Waals surface area contributed by atoms with Gasteiger partial charge in [0.1, 0.15) is 10.7 Å². The SMILES string of the molecule is Cc1nn(CCC(=O)NCCc2ccco2)c(C)c1S(=O)(=O)N1CCCC1. The number of sulfonamides is 1. The summed E-state index contributed by atoms with van der Waals surface area (Å²) in [5.41, 5.74) is 1.07. The van der Waals surface area contributed by atoms with Crippen molar-refractivity contribution in [2.75, 3.05) is 19.6 Å². The van der Waals surface area contributed by atoms with Crippen molar-refractivity contribution >= 4 is 15.9 Å². The topological polar surface area (TPSA) is 97.4 Å². The Hall–Kier alpha value is -2.13. The molecule has 0 atom stereocenters. The number of nitrogens with zero attached hydrogens (tertiary/aromatic N) is 3. The summed E-state index contributed by atoms with van der Waals surface area (Å²) in [6.07, 6.45) is 4.27. The van der Waals surface area contributed by atoms with Crippen molar-refractivity contribution < 1.29 is 17.6 Å². The van der Waals surface area contributed by atoms with Crippen LogP contribution >= 0.6 is 0 Å². The van der Waals surface area contributed by atoms with Gasteiger partial charge in [0.15, 0.2) is 0 Å². The predicted molar refractivity (Wildman–Crippen MR) is 99.7 cm³/mol. The van der Waals surface area contributed by atoms with Gasteiger partial charge in [-0.2, -0.15) is 9.40 Å². The van der Waals surface area contributed by atoms with E-state index in [1.165, 1.54) is 4.31 Å². The number of carbonyl (C=O) groups is 1. The number of aromatic nitrogens is 2. The quantitative estimate of drug-likeness (QED) is 0.734. The molecule has 1 saturated heterocycles. The minimum atomic E-state index is -3.52. The first kappa shape index (κ1) is 19.6. The average molecular weight is 394 g/mol. The highest BCUT2D eigenvalue weighted by molar-refractivity contribution is 7.89. The summed E-state index contributed by atoms with van der Waals surface area (Å²) in [6, 6.07) is 3.68. The van der Waals surface area contributed by atoms with Gasteiger partial charge in [-0.05, 0) is 38.8 Å². The lowest BCUT2D eigenvalue weighted by Gasteiger charge is -2.15. The summed E-state index contributed by atoms with van der Waals surface area (Å²) in [6.45, 7) is 5.41. The maximum atomic E-state index is 12.9. The molecule has 1 N–H and O–H groups in total. The minimum absolute atomic E-state index is 0.0990. The molecule has 148 valence electrons. The molecule has 0 aromatic carbocycles. The molecule has 1 fully saturated rings. The Balaban J connectivity index is 1.58. The number of amides is 1. The average Bonchev–Trinajstić information content (AvgIpc) is 3.35. The summed E-state index contributed by atoms with van der Waals surface area (Å²) in [7, 11) is -3.52. The highest BCUT2D eigenvalue weighted by atomic mass is 32.2. The van der Waals surface area contributed by atoms with Crippen molar-refractivity contribution in [1.82, 2.24) is 19.4 Å². The molecule has 9 heteroatoms. The first-order valence-electron chi connectivity index (χ1n) is 9.23. The third-order valence-electron chi connectivity index (χ3n) is 4.80. The minimum Gasteiger partial charge on any atom is -0.469 e. The van der Waals surface area contributed by atoms with Gasteiger partial charge in [0, 0.05) is 32.5 Å². The summed E-state index contributed by atoms with van der Waals surface area (Å²) in [5, 5.41) is 7.20. The van der Waals surface area contributed by atoms with Gasteiger partial charge in [0.05, 0.1) is 24.2 Å². The van der Waals surface area contributed by atoms with E-state index in [0.717, 1.165) is 18.6 Å². The zero-order chi connectivity index (χ0) is 19.4. The zero-order valence-corrected chi connectivity index (χ0v) is 16.6. The van der Waals surface area contributed by atoms with Gasteiger partial charge < -0.3 is 9.73 Å². The van der Waals surface area contributed by atoms with E-state index in [1.807, 2.05) is 12.1 Å². The van der Waals surface area contributed by atoms with E-state index >= 15 is 0 Å². The van der Waals surface area contributed by atoms with E-state index < -0.39 is 10.0 Å². The number of rotatable bonds is 8. The van der Waals surface area contributed by atoms with Crippen LogP contribution in [-0.2, 0) is 27.8 Å². The number of hydrogen-bond acceptors (Lipinski definition) is 5. The van der Waals surface area contributed by atoms with Gasteiger partial charge in [-0.15, -0.1) is 0 Å². The Kier molecular flexibility index (Phi) is 6.01. The second-order valence-electron chi connectivity index (χ2n) is 6.76. The molecule has 0 aliphatic carbocycles. The maximum absolute atomic E-state index is 12.9. The number of nitrogens with one attached hydrogen (secondary N) is 1. The molecule has 1 aliphatic rings. The van der Waals surface area contributed by atoms with E-state index in [9.17, 15) is 13.2 Å². The molecule has 0 bridgehead atoms. The van der Waals surface area contributed by atoms with Crippen molar-refractivity contribution in [3.05, 3.63) is 35.5 Å². The fourth-order valence-corrected chi connectivity index (χ4v) is 5.29. The summed E-state index contributed by atoms with van der Waals surface area (Å²) < 4.78 is 34.1. The van der Waals surface area contributed by atoms with Gasteiger partial charge in [0.25, 0.3) is 0 Å². The fourth-order valence-electron chi connectivity index (χ4n) is 3.40. The Morgan fingerprint density at radius 2 is 2.04 bits per heavy atom. The second kappa shape index (κ2) is 8.26. The normalized spacial score (nSPS) is 15.3. The van der Waals surface area contributed by atoms with Crippen LogP contribution in [0, 0.1) is 13.8 Å². The lowest BCUT2D eigenvalue weighted by atomic mass is 10.3. The number of carbonyl (C=O) groups excluding carboxylic acids is 1. The molecule has 0 spiro atoms. The molecular formula is C18H26N4O4S.